The highest BCUT2D eigenvalue weighted by atomic mass is 16.6. The van der Waals surface area contributed by atoms with Crippen molar-refractivity contribution in [2.75, 3.05) is 13.2 Å². The summed E-state index contributed by atoms with van der Waals surface area (Å²) < 4.78 is 16.8. The van der Waals surface area contributed by atoms with Gasteiger partial charge < -0.3 is 14.2 Å². The molecular weight excluding hydrogens is 805 g/mol. The number of unbranched alkanes of at least 4 members (excludes halogenated alkanes) is 41. The minimum Gasteiger partial charge on any atom is -0.462 e. The third-order valence-corrected chi connectivity index (χ3v) is 13.3. The summed E-state index contributed by atoms with van der Waals surface area (Å²) >= 11 is 0. The van der Waals surface area contributed by atoms with Gasteiger partial charge in [0.2, 0.25) is 0 Å². The molecule has 0 N–H and O–H groups in total. The largest absolute Gasteiger partial charge is 0.462 e. The van der Waals surface area contributed by atoms with E-state index >= 15 is 0 Å². The molecule has 0 aromatic rings. The monoisotopic (exact) mass is 917 g/mol. The van der Waals surface area contributed by atoms with Gasteiger partial charge in [0, 0.05) is 19.3 Å². The molecule has 0 aromatic carbocycles. The average Bonchev–Trinajstić information content (AvgIpc) is 3.30. The van der Waals surface area contributed by atoms with E-state index in [9.17, 15) is 14.4 Å². The molecule has 0 radical (unpaired) electrons. The van der Waals surface area contributed by atoms with Crippen molar-refractivity contribution < 1.29 is 28.6 Å². The lowest BCUT2D eigenvalue weighted by atomic mass is 10.0. The van der Waals surface area contributed by atoms with Crippen molar-refractivity contribution >= 4 is 17.9 Å². The molecular formula is C59H112O6. The number of hydrogen-bond acceptors (Lipinski definition) is 6. The molecule has 0 heterocycles. The first-order valence-corrected chi connectivity index (χ1v) is 29.2. The fraction of sp³-hybridized carbons (Fsp3) is 0.915. The number of hydrogen-bond donors (Lipinski definition) is 0. The van der Waals surface area contributed by atoms with Gasteiger partial charge in [0.1, 0.15) is 13.2 Å². The van der Waals surface area contributed by atoms with Crippen LogP contribution in [0.3, 0.4) is 0 Å². The first kappa shape index (κ1) is 63.1. The van der Waals surface area contributed by atoms with Crippen LogP contribution in [-0.2, 0) is 28.6 Å². The third-order valence-electron chi connectivity index (χ3n) is 13.3. The smallest absolute Gasteiger partial charge is 0.306 e. The van der Waals surface area contributed by atoms with Crippen molar-refractivity contribution in [3.63, 3.8) is 0 Å². The maximum absolute atomic E-state index is 12.8. The number of ether oxygens (including phenoxy) is 3. The van der Waals surface area contributed by atoms with Crippen molar-refractivity contribution in [2.24, 2.45) is 0 Å². The molecule has 0 fully saturated rings. The van der Waals surface area contributed by atoms with Crippen molar-refractivity contribution in [3.8, 4) is 0 Å². The Morgan fingerprint density at radius 3 is 0.800 bits per heavy atom. The number of rotatable bonds is 54. The van der Waals surface area contributed by atoms with Gasteiger partial charge in [-0.3, -0.25) is 14.4 Å². The van der Waals surface area contributed by atoms with E-state index in [1.807, 2.05) is 0 Å². The van der Waals surface area contributed by atoms with Crippen LogP contribution in [0.2, 0.25) is 0 Å². The molecule has 0 bridgehead atoms. The summed E-state index contributed by atoms with van der Waals surface area (Å²) in [6.07, 6.45) is 62.1. The van der Waals surface area contributed by atoms with Gasteiger partial charge >= 0.3 is 17.9 Å². The van der Waals surface area contributed by atoms with E-state index in [1.165, 1.54) is 225 Å². The quantitative estimate of drug-likeness (QED) is 0.0262. The molecule has 0 saturated heterocycles. The van der Waals surface area contributed by atoms with Crippen molar-refractivity contribution in [1.82, 2.24) is 0 Å². The predicted molar refractivity (Wildman–Crippen MR) is 280 cm³/mol. The topological polar surface area (TPSA) is 78.9 Å². The predicted octanol–water partition coefficient (Wildman–Crippen LogP) is 19.3. The van der Waals surface area contributed by atoms with Crippen LogP contribution in [0.15, 0.2) is 12.2 Å². The molecule has 0 rings (SSSR count). The van der Waals surface area contributed by atoms with E-state index in [0.29, 0.717) is 19.3 Å². The van der Waals surface area contributed by atoms with Crippen molar-refractivity contribution in [2.45, 2.75) is 335 Å². The normalized spacial score (nSPS) is 12.0. The molecule has 6 nitrogen and oxygen atoms in total. The first-order chi connectivity index (χ1) is 32.0. The van der Waals surface area contributed by atoms with Crippen molar-refractivity contribution in [1.29, 1.82) is 0 Å². The summed E-state index contributed by atoms with van der Waals surface area (Å²) in [5.41, 5.74) is 0. The standard InChI is InChI=1S/C59H112O6/c1-4-7-10-13-16-19-22-25-26-27-28-29-30-31-32-33-34-35-38-40-43-46-49-52-58(61)64-55-56(65-59(62)53-50-47-44-41-37-24-21-18-15-12-9-6-3)54-63-57(60)51-48-45-42-39-36-23-20-17-14-11-8-5-2/h18,21,56H,4-17,19-20,22-55H2,1-3H3/b21-18-. The highest BCUT2D eigenvalue weighted by Gasteiger charge is 2.19. The minimum atomic E-state index is -0.768. The van der Waals surface area contributed by atoms with Gasteiger partial charge in [-0.2, -0.15) is 0 Å². The molecule has 384 valence electrons. The zero-order valence-corrected chi connectivity index (χ0v) is 44.0. The van der Waals surface area contributed by atoms with Crippen LogP contribution in [0.1, 0.15) is 329 Å². The van der Waals surface area contributed by atoms with Crippen LogP contribution in [0.25, 0.3) is 0 Å². The SMILES string of the molecule is CCCCC/C=C\CCCCCCCC(=O)OC(COC(=O)CCCCCCCCCCCCCC)COC(=O)CCCCCCCCCCCCCCCCCCCCCCCCC. The molecule has 6 heteroatoms. The molecule has 0 amide bonds. The Bertz CT molecular complexity index is 1010. The van der Waals surface area contributed by atoms with E-state index in [1.54, 1.807) is 0 Å². The second-order valence-corrected chi connectivity index (χ2v) is 19.9. The molecule has 1 atom stereocenters. The summed E-state index contributed by atoms with van der Waals surface area (Å²) in [4.78, 5) is 38.0. The molecule has 0 aliphatic rings. The maximum atomic E-state index is 12.8. The Morgan fingerprint density at radius 2 is 0.508 bits per heavy atom. The van der Waals surface area contributed by atoms with Gasteiger partial charge in [-0.1, -0.05) is 277 Å². The van der Waals surface area contributed by atoms with Gasteiger partial charge in [-0.25, -0.2) is 0 Å². The van der Waals surface area contributed by atoms with Gasteiger partial charge in [-0.15, -0.1) is 0 Å². The van der Waals surface area contributed by atoms with Gasteiger partial charge in [0.25, 0.3) is 0 Å². The fourth-order valence-electron chi connectivity index (χ4n) is 8.85. The number of esters is 3. The molecule has 1 unspecified atom stereocenters. The Hall–Kier alpha value is -1.85. The zero-order valence-electron chi connectivity index (χ0n) is 44.0. The molecule has 0 aromatic heterocycles. The molecule has 0 aliphatic carbocycles. The van der Waals surface area contributed by atoms with Crippen molar-refractivity contribution in [3.05, 3.63) is 12.2 Å². The second kappa shape index (κ2) is 54.8. The van der Waals surface area contributed by atoms with Gasteiger partial charge in [0.05, 0.1) is 0 Å². The summed E-state index contributed by atoms with van der Waals surface area (Å²) in [6.45, 7) is 6.66. The molecule has 0 saturated carbocycles. The van der Waals surface area contributed by atoms with E-state index in [4.69, 9.17) is 14.2 Å². The van der Waals surface area contributed by atoms with Crippen LogP contribution in [0, 0.1) is 0 Å². The Labute approximate surface area is 405 Å². The summed E-state index contributed by atoms with van der Waals surface area (Å²) in [6, 6.07) is 0. The van der Waals surface area contributed by atoms with E-state index in [0.717, 1.165) is 64.2 Å². The van der Waals surface area contributed by atoms with Crippen LogP contribution in [0.5, 0.6) is 0 Å². The summed E-state index contributed by atoms with van der Waals surface area (Å²) in [5.74, 6) is -0.855. The highest BCUT2D eigenvalue weighted by Crippen LogP contribution is 2.17. The Kier molecular flexibility index (Phi) is 53.2. The van der Waals surface area contributed by atoms with Crippen LogP contribution < -0.4 is 0 Å². The average molecular weight is 918 g/mol. The second-order valence-electron chi connectivity index (χ2n) is 19.9. The summed E-state index contributed by atoms with van der Waals surface area (Å²) in [7, 11) is 0. The van der Waals surface area contributed by atoms with Crippen LogP contribution in [-0.4, -0.2) is 37.2 Å². The van der Waals surface area contributed by atoms with Gasteiger partial charge in [0.15, 0.2) is 6.10 Å². The zero-order chi connectivity index (χ0) is 47.2. The van der Waals surface area contributed by atoms with E-state index < -0.39 is 6.10 Å². The summed E-state index contributed by atoms with van der Waals surface area (Å²) in [5, 5.41) is 0. The van der Waals surface area contributed by atoms with Crippen LogP contribution in [0.4, 0.5) is 0 Å². The highest BCUT2D eigenvalue weighted by molar-refractivity contribution is 5.71. The lowest BCUT2D eigenvalue weighted by Gasteiger charge is -2.18. The van der Waals surface area contributed by atoms with Gasteiger partial charge in [-0.05, 0) is 44.9 Å². The maximum Gasteiger partial charge on any atom is 0.306 e. The Morgan fingerprint density at radius 1 is 0.292 bits per heavy atom. The lowest BCUT2D eigenvalue weighted by molar-refractivity contribution is -0.167. The number of carbonyl (C=O) groups excluding carboxylic acids is 3. The number of allylic oxidation sites excluding steroid dienone is 2. The van der Waals surface area contributed by atoms with Crippen LogP contribution >= 0.6 is 0 Å². The minimum absolute atomic E-state index is 0.0677. The lowest BCUT2D eigenvalue weighted by Crippen LogP contribution is -2.30. The molecule has 0 aliphatic heterocycles. The third kappa shape index (κ3) is 53.0. The molecule has 0 spiro atoms. The molecule has 65 heavy (non-hydrogen) atoms. The Balaban J connectivity index is 4.18. The van der Waals surface area contributed by atoms with E-state index in [-0.39, 0.29) is 31.1 Å². The fourth-order valence-corrected chi connectivity index (χ4v) is 8.85. The first-order valence-electron chi connectivity index (χ1n) is 29.2. The van der Waals surface area contributed by atoms with E-state index in [2.05, 4.69) is 32.9 Å². The number of carbonyl (C=O) groups is 3.